The summed E-state index contributed by atoms with van der Waals surface area (Å²) in [6.45, 7) is 2.21. The molecule has 1 aliphatic heterocycles. The number of nitrogens with zero attached hydrogens (tertiary/aromatic N) is 1. The molecule has 90 valence electrons. The third-order valence-corrected chi connectivity index (χ3v) is 5.47. The van der Waals surface area contributed by atoms with E-state index in [2.05, 4.69) is 18.3 Å². The maximum absolute atomic E-state index is 9.52. The molecule has 2 atom stereocenters. The number of nitriles is 1. The average Bonchev–Trinajstić information content (AvgIpc) is 2.34. The van der Waals surface area contributed by atoms with Gasteiger partial charge in [0, 0.05) is 11.3 Å². The van der Waals surface area contributed by atoms with Crippen LogP contribution in [0.15, 0.2) is 0 Å². The van der Waals surface area contributed by atoms with Crippen molar-refractivity contribution in [1.29, 1.82) is 5.26 Å². The number of thioether (sulfide) groups is 1. The molecule has 2 unspecified atom stereocenters. The first-order valence-electron chi connectivity index (χ1n) is 6.57. The van der Waals surface area contributed by atoms with E-state index in [-0.39, 0.29) is 5.54 Å². The van der Waals surface area contributed by atoms with Crippen LogP contribution in [-0.4, -0.2) is 22.6 Å². The molecular weight excluding hydrogens is 216 g/mol. The highest BCUT2D eigenvalue weighted by Gasteiger charge is 2.40. The highest BCUT2D eigenvalue weighted by Crippen LogP contribution is 2.35. The van der Waals surface area contributed by atoms with Gasteiger partial charge in [-0.3, -0.25) is 5.32 Å². The van der Waals surface area contributed by atoms with Gasteiger partial charge in [0.2, 0.25) is 0 Å². The van der Waals surface area contributed by atoms with Crippen LogP contribution in [0.4, 0.5) is 0 Å². The fourth-order valence-electron chi connectivity index (χ4n) is 2.94. The second-order valence-corrected chi connectivity index (χ2v) is 6.63. The molecule has 16 heavy (non-hydrogen) atoms. The summed E-state index contributed by atoms with van der Waals surface area (Å²) in [4.78, 5) is 0. The lowest BCUT2D eigenvalue weighted by Crippen LogP contribution is -2.57. The van der Waals surface area contributed by atoms with Crippen LogP contribution in [0, 0.1) is 11.3 Å². The van der Waals surface area contributed by atoms with Crippen molar-refractivity contribution in [3.8, 4) is 6.07 Å². The van der Waals surface area contributed by atoms with Gasteiger partial charge in [0.25, 0.3) is 0 Å². The van der Waals surface area contributed by atoms with Crippen molar-refractivity contribution in [3.05, 3.63) is 0 Å². The number of hydrogen-bond donors (Lipinski definition) is 1. The van der Waals surface area contributed by atoms with Crippen LogP contribution in [0.5, 0.6) is 0 Å². The van der Waals surface area contributed by atoms with Crippen molar-refractivity contribution in [2.75, 3.05) is 5.75 Å². The number of hydrogen-bond acceptors (Lipinski definition) is 3. The molecule has 0 aromatic rings. The van der Waals surface area contributed by atoms with E-state index in [1.54, 1.807) is 0 Å². The van der Waals surface area contributed by atoms with Gasteiger partial charge in [-0.25, -0.2) is 0 Å². The van der Waals surface area contributed by atoms with Crippen LogP contribution in [0.25, 0.3) is 0 Å². The number of rotatable bonds is 2. The topological polar surface area (TPSA) is 35.8 Å². The van der Waals surface area contributed by atoms with Crippen LogP contribution in [-0.2, 0) is 0 Å². The third-order valence-electron chi connectivity index (χ3n) is 4.04. The summed E-state index contributed by atoms with van der Waals surface area (Å²) in [5.41, 5.74) is -0.245. The Morgan fingerprint density at radius 3 is 2.62 bits per heavy atom. The molecule has 0 radical (unpaired) electrons. The van der Waals surface area contributed by atoms with Gasteiger partial charge in [-0.2, -0.15) is 17.0 Å². The largest absolute Gasteiger partial charge is 0.296 e. The Labute approximate surface area is 103 Å². The molecule has 0 spiro atoms. The molecule has 0 amide bonds. The van der Waals surface area contributed by atoms with E-state index in [0.29, 0.717) is 11.3 Å². The van der Waals surface area contributed by atoms with Gasteiger partial charge in [0.15, 0.2) is 0 Å². The van der Waals surface area contributed by atoms with Crippen LogP contribution in [0.1, 0.15) is 51.9 Å². The fraction of sp³-hybridized carbons (Fsp3) is 0.923. The second-order valence-electron chi connectivity index (χ2n) is 5.18. The predicted octanol–water partition coefficient (Wildman–Crippen LogP) is 3.09. The minimum absolute atomic E-state index is 0.245. The van der Waals surface area contributed by atoms with Crippen molar-refractivity contribution < 1.29 is 0 Å². The van der Waals surface area contributed by atoms with E-state index in [1.807, 2.05) is 11.8 Å². The first-order valence-corrected chi connectivity index (χ1v) is 7.62. The van der Waals surface area contributed by atoms with Crippen molar-refractivity contribution >= 4 is 11.8 Å². The van der Waals surface area contributed by atoms with Crippen LogP contribution in [0.2, 0.25) is 0 Å². The van der Waals surface area contributed by atoms with E-state index < -0.39 is 0 Å². The average molecular weight is 238 g/mol. The molecule has 2 aliphatic rings. The summed E-state index contributed by atoms with van der Waals surface area (Å²) in [7, 11) is 0. The Balaban J connectivity index is 2.00. The molecule has 1 saturated heterocycles. The summed E-state index contributed by atoms with van der Waals surface area (Å²) >= 11 is 1.95. The van der Waals surface area contributed by atoms with Gasteiger partial charge >= 0.3 is 0 Å². The van der Waals surface area contributed by atoms with Gasteiger partial charge in [-0.1, -0.05) is 26.2 Å². The summed E-state index contributed by atoms with van der Waals surface area (Å²) in [6.07, 6.45) is 8.79. The molecule has 1 N–H and O–H groups in total. The van der Waals surface area contributed by atoms with Crippen LogP contribution >= 0.6 is 11.8 Å². The van der Waals surface area contributed by atoms with Gasteiger partial charge < -0.3 is 0 Å². The maximum atomic E-state index is 9.52. The van der Waals surface area contributed by atoms with Crippen LogP contribution in [0.3, 0.4) is 0 Å². The first-order chi connectivity index (χ1) is 7.77. The first kappa shape index (κ1) is 12.3. The molecule has 1 saturated carbocycles. The molecule has 2 rings (SSSR count). The second kappa shape index (κ2) is 5.42. The third kappa shape index (κ3) is 2.55. The van der Waals surface area contributed by atoms with Crippen molar-refractivity contribution in [2.24, 2.45) is 0 Å². The maximum Gasteiger partial charge on any atom is 0.118 e. The number of nitrogens with one attached hydrogen (secondary N) is 1. The van der Waals surface area contributed by atoms with Crippen molar-refractivity contribution in [1.82, 2.24) is 5.32 Å². The lowest BCUT2D eigenvalue weighted by molar-refractivity contribution is 0.275. The molecule has 2 nitrogen and oxygen atoms in total. The van der Waals surface area contributed by atoms with E-state index in [1.165, 1.54) is 44.3 Å². The van der Waals surface area contributed by atoms with Crippen molar-refractivity contribution in [2.45, 2.75) is 68.7 Å². The lowest BCUT2D eigenvalue weighted by atomic mass is 9.87. The van der Waals surface area contributed by atoms with Gasteiger partial charge in [-0.05, 0) is 31.4 Å². The SMILES string of the molecule is CC1SCCCC1(C#N)NC1CCCCC1. The summed E-state index contributed by atoms with van der Waals surface area (Å²) in [6, 6.07) is 3.17. The zero-order valence-electron chi connectivity index (χ0n) is 10.2. The minimum atomic E-state index is -0.245. The zero-order valence-corrected chi connectivity index (χ0v) is 11.0. The Bertz CT molecular complexity index is 268. The Kier molecular flexibility index (Phi) is 4.16. The van der Waals surface area contributed by atoms with E-state index in [4.69, 9.17) is 0 Å². The molecule has 0 aromatic carbocycles. The summed E-state index contributed by atoms with van der Waals surface area (Å²) < 4.78 is 0. The Hall–Kier alpha value is -0.200. The Morgan fingerprint density at radius 2 is 2.00 bits per heavy atom. The molecule has 0 bridgehead atoms. The van der Waals surface area contributed by atoms with Gasteiger partial charge in [-0.15, -0.1) is 0 Å². The predicted molar refractivity (Wildman–Crippen MR) is 69.5 cm³/mol. The highest BCUT2D eigenvalue weighted by atomic mass is 32.2. The molecular formula is C13H22N2S. The zero-order chi connectivity index (χ0) is 11.4. The standard InChI is InChI=1S/C13H22N2S/c1-11-13(10-14,8-5-9-16-11)15-12-6-3-2-4-7-12/h11-12,15H,2-9H2,1H3. The highest BCUT2D eigenvalue weighted by molar-refractivity contribution is 8.00. The molecule has 1 heterocycles. The van der Waals surface area contributed by atoms with E-state index >= 15 is 0 Å². The van der Waals surface area contributed by atoms with Gasteiger partial charge in [0.05, 0.1) is 6.07 Å². The van der Waals surface area contributed by atoms with E-state index in [0.717, 1.165) is 6.42 Å². The summed E-state index contributed by atoms with van der Waals surface area (Å²) in [5, 5.41) is 13.6. The van der Waals surface area contributed by atoms with Crippen LogP contribution < -0.4 is 5.32 Å². The van der Waals surface area contributed by atoms with Crippen molar-refractivity contribution in [3.63, 3.8) is 0 Å². The fourth-order valence-corrected chi connectivity index (χ4v) is 4.12. The smallest absolute Gasteiger partial charge is 0.118 e. The van der Waals surface area contributed by atoms with E-state index in [9.17, 15) is 5.26 Å². The normalized spacial score (nSPS) is 36.9. The minimum Gasteiger partial charge on any atom is -0.296 e. The Morgan fingerprint density at radius 1 is 1.25 bits per heavy atom. The summed E-state index contributed by atoms with van der Waals surface area (Å²) in [5.74, 6) is 1.22. The van der Waals surface area contributed by atoms with Gasteiger partial charge in [0.1, 0.15) is 5.54 Å². The lowest BCUT2D eigenvalue weighted by Gasteiger charge is -2.41. The molecule has 2 fully saturated rings. The molecule has 3 heteroatoms. The quantitative estimate of drug-likeness (QED) is 0.803. The monoisotopic (exact) mass is 238 g/mol. The molecule has 1 aliphatic carbocycles. The molecule has 0 aromatic heterocycles.